The van der Waals surface area contributed by atoms with Crippen molar-refractivity contribution in [3.05, 3.63) is 26.0 Å². The highest BCUT2D eigenvalue weighted by atomic mass is 16.2. The lowest BCUT2D eigenvalue weighted by Gasteiger charge is -2.32. The lowest BCUT2D eigenvalue weighted by molar-refractivity contribution is -0.126. The molecule has 0 unspecified atom stereocenters. The predicted octanol–water partition coefficient (Wildman–Crippen LogP) is 0.534. The first-order chi connectivity index (χ1) is 8.95. The van der Waals surface area contributed by atoms with Crippen molar-refractivity contribution in [1.82, 2.24) is 0 Å². The number of ketones is 2. The molecule has 0 aromatic heterocycles. The van der Waals surface area contributed by atoms with Gasteiger partial charge < -0.3 is 4.90 Å². The van der Waals surface area contributed by atoms with Gasteiger partial charge in [0.2, 0.25) is 10.9 Å². The van der Waals surface area contributed by atoms with Crippen molar-refractivity contribution in [3.8, 4) is 0 Å². The summed E-state index contributed by atoms with van der Waals surface area (Å²) >= 11 is 0. The Balaban J connectivity index is 2.44. The third-order valence-corrected chi connectivity index (χ3v) is 3.70. The first kappa shape index (κ1) is 13.6. The number of hydrogen-bond acceptors (Lipinski definition) is 5. The van der Waals surface area contributed by atoms with E-state index in [4.69, 9.17) is 0 Å². The molecule has 0 spiro atoms. The Morgan fingerprint density at radius 1 is 0.947 bits per heavy atom. The van der Waals surface area contributed by atoms with E-state index in [0.29, 0.717) is 18.8 Å². The maximum absolute atomic E-state index is 11.7. The van der Waals surface area contributed by atoms with Crippen LogP contribution in [0, 0.1) is 0 Å². The Labute approximate surface area is 110 Å². The molecule has 1 saturated heterocycles. The van der Waals surface area contributed by atoms with Crippen LogP contribution in [0.1, 0.15) is 44.6 Å². The van der Waals surface area contributed by atoms with E-state index < -0.39 is 16.8 Å². The third kappa shape index (κ3) is 2.25. The van der Waals surface area contributed by atoms with Crippen LogP contribution in [0.15, 0.2) is 9.59 Å². The molecule has 1 aromatic rings. The zero-order chi connectivity index (χ0) is 14.2. The molecular formula is C14H17NO4. The molecule has 5 nitrogen and oxygen atoms in total. The average molecular weight is 263 g/mol. The van der Waals surface area contributed by atoms with Gasteiger partial charge in [-0.2, -0.15) is 0 Å². The molecular weight excluding hydrogens is 246 g/mol. The lowest BCUT2D eigenvalue weighted by atomic mass is 9.86. The largest absolute Gasteiger partial charge is 0.368 e. The molecule has 1 aliphatic heterocycles. The summed E-state index contributed by atoms with van der Waals surface area (Å²) in [5.74, 6) is -1.82. The quantitative estimate of drug-likeness (QED) is 0.585. The van der Waals surface area contributed by atoms with Crippen LogP contribution in [-0.4, -0.2) is 24.7 Å². The second-order valence-electron chi connectivity index (χ2n) is 5.12. The minimum atomic E-state index is -1.07. The van der Waals surface area contributed by atoms with Gasteiger partial charge in [0.15, 0.2) is 0 Å². The van der Waals surface area contributed by atoms with E-state index in [-0.39, 0.29) is 17.1 Å². The van der Waals surface area contributed by atoms with Crippen LogP contribution in [-0.2, 0) is 9.59 Å². The van der Waals surface area contributed by atoms with Gasteiger partial charge in [0.05, 0.1) is 5.69 Å². The number of hydrogen-bond donors (Lipinski definition) is 0. The zero-order valence-corrected chi connectivity index (χ0v) is 11.2. The van der Waals surface area contributed by atoms with Crippen molar-refractivity contribution in [2.45, 2.75) is 39.0 Å². The minimum absolute atomic E-state index is 0.118. The number of carbonyl (C=O) groups excluding carboxylic acids is 2. The summed E-state index contributed by atoms with van der Waals surface area (Å²) in [6.45, 7) is 3.98. The molecule has 0 amide bonds. The maximum Gasteiger partial charge on any atom is 0.249 e. The zero-order valence-electron chi connectivity index (χ0n) is 11.2. The van der Waals surface area contributed by atoms with Gasteiger partial charge in [0.1, 0.15) is 17.5 Å². The normalized spacial score (nSPS) is 16.1. The highest BCUT2D eigenvalue weighted by Crippen LogP contribution is 2.27. The summed E-state index contributed by atoms with van der Waals surface area (Å²) in [6.07, 6.45) is 3.02. The molecule has 1 aliphatic rings. The maximum atomic E-state index is 11.7. The molecule has 0 radical (unpaired) electrons. The monoisotopic (exact) mass is 263 g/mol. The first-order valence-electron chi connectivity index (χ1n) is 6.54. The highest BCUT2D eigenvalue weighted by molar-refractivity contribution is 6.07. The van der Waals surface area contributed by atoms with Gasteiger partial charge in [-0.15, -0.1) is 0 Å². The SMILES string of the molecule is CC(=O)C(C(C)=O)c1c(N2CCCCC2)c(=O)c1=O. The van der Waals surface area contributed by atoms with Crippen LogP contribution in [0.3, 0.4) is 0 Å². The fourth-order valence-electron chi connectivity index (χ4n) is 2.79. The van der Waals surface area contributed by atoms with Crippen LogP contribution < -0.4 is 15.8 Å². The molecule has 1 heterocycles. The van der Waals surface area contributed by atoms with Crippen molar-refractivity contribution in [3.63, 3.8) is 0 Å². The van der Waals surface area contributed by atoms with Crippen molar-refractivity contribution >= 4 is 17.3 Å². The summed E-state index contributed by atoms with van der Waals surface area (Å²) in [6, 6.07) is 0. The van der Waals surface area contributed by atoms with E-state index in [2.05, 4.69) is 0 Å². The van der Waals surface area contributed by atoms with Crippen LogP contribution in [0.2, 0.25) is 0 Å². The number of rotatable bonds is 4. The Morgan fingerprint density at radius 3 is 1.95 bits per heavy atom. The molecule has 102 valence electrons. The van der Waals surface area contributed by atoms with E-state index in [1.165, 1.54) is 13.8 Å². The Kier molecular flexibility index (Phi) is 3.64. The second-order valence-corrected chi connectivity index (χ2v) is 5.12. The van der Waals surface area contributed by atoms with Gasteiger partial charge in [0, 0.05) is 18.7 Å². The minimum Gasteiger partial charge on any atom is -0.368 e. The van der Waals surface area contributed by atoms with Crippen molar-refractivity contribution in [1.29, 1.82) is 0 Å². The lowest BCUT2D eigenvalue weighted by Crippen LogP contribution is -2.48. The van der Waals surface area contributed by atoms with Crippen LogP contribution >= 0.6 is 0 Å². The van der Waals surface area contributed by atoms with Crippen LogP contribution in [0.4, 0.5) is 5.69 Å². The second kappa shape index (κ2) is 5.07. The van der Waals surface area contributed by atoms with Gasteiger partial charge in [-0.25, -0.2) is 0 Å². The molecule has 0 N–H and O–H groups in total. The molecule has 0 atom stereocenters. The molecule has 0 aliphatic carbocycles. The highest BCUT2D eigenvalue weighted by Gasteiger charge is 2.36. The van der Waals surface area contributed by atoms with Gasteiger partial charge in [-0.3, -0.25) is 19.2 Å². The van der Waals surface area contributed by atoms with Gasteiger partial charge in [-0.05, 0) is 33.1 Å². The van der Waals surface area contributed by atoms with Crippen molar-refractivity contribution in [2.75, 3.05) is 18.0 Å². The molecule has 0 bridgehead atoms. The summed E-state index contributed by atoms with van der Waals surface area (Å²) in [4.78, 5) is 48.5. The summed E-state index contributed by atoms with van der Waals surface area (Å²) in [7, 11) is 0. The topological polar surface area (TPSA) is 71.5 Å². The summed E-state index contributed by atoms with van der Waals surface area (Å²) in [5.41, 5.74) is -0.799. The van der Waals surface area contributed by atoms with Crippen LogP contribution in [0.25, 0.3) is 0 Å². The third-order valence-electron chi connectivity index (χ3n) is 3.70. The number of nitrogens with zero attached hydrogens (tertiary/aromatic N) is 1. The van der Waals surface area contributed by atoms with E-state index in [9.17, 15) is 19.2 Å². The average Bonchev–Trinajstić information content (AvgIpc) is 2.38. The number of anilines is 1. The summed E-state index contributed by atoms with van der Waals surface area (Å²) in [5, 5.41) is 0. The number of carbonyl (C=O) groups is 2. The van der Waals surface area contributed by atoms with Gasteiger partial charge >= 0.3 is 0 Å². The number of piperidine rings is 1. The standard InChI is InChI=1S/C14H17NO4/c1-8(16)10(9(2)17)11-12(14(19)13(11)18)15-6-4-3-5-7-15/h10H,3-7H2,1-2H3. The Morgan fingerprint density at radius 2 is 1.47 bits per heavy atom. The van der Waals surface area contributed by atoms with E-state index in [0.717, 1.165) is 19.3 Å². The van der Waals surface area contributed by atoms with Gasteiger partial charge in [-0.1, -0.05) is 0 Å². The van der Waals surface area contributed by atoms with E-state index in [1.807, 2.05) is 4.90 Å². The fourth-order valence-corrected chi connectivity index (χ4v) is 2.79. The first-order valence-corrected chi connectivity index (χ1v) is 6.54. The molecule has 0 saturated carbocycles. The predicted molar refractivity (Wildman–Crippen MR) is 71.5 cm³/mol. The number of Topliss-reactive ketones (excluding diaryl/α,β-unsaturated/α-hetero) is 2. The molecule has 1 fully saturated rings. The van der Waals surface area contributed by atoms with Crippen LogP contribution in [0.5, 0.6) is 0 Å². The molecule has 2 rings (SSSR count). The molecule has 5 heteroatoms. The van der Waals surface area contributed by atoms with E-state index >= 15 is 0 Å². The van der Waals surface area contributed by atoms with Gasteiger partial charge in [0.25, 0.3) is 0 Å². The molecule has 1 aromatic carbocycles. The van der Waals surface area contributed by atoms with E-state index in [1.54, 1.807) is 0 Å². The van der Waals surface area contributed by atoms with Crippen molar-refractivity contribution in [2.24, 2.45) is 0 Å². The smallest absolute Gasteiger partial charge is 0.249 e. The fraction of sp³-hybridized carbons (Fsp3) is 0.571. The van der Waals surface area contributed by atoms with Crippen molar-refractivity contribution < 1.29 is 9.59 Å². The Bertz CT molecular complexity index is 575. The Hall–Kier alpha value is -1.78. The summed E-state index contributed by atoms with van der Waals surface area (Å²) < 4.78 is 0. The molecule has 19 heavy (non-hydrogen) atoms.